The highest BCUT2D eigenvalue weighted by Crippen LogP contribution is 2.13. The Morgan fingerprint density at radius 2 is 1.48 bits per heavy atom. The van der Waals surface area contributed by atoms with Gasteiger partial charge in [-0.2, -0.15) is 0 Å². The van der Waals surface area contributed by atoms with Gasteiger partial charge in [-0.05, 0) is 43.3 Å². The van der Waals surface area contributed by atoms with E-state index in [1.165, 1.54) is 24.3 Å². The smallest absolute Gasteiger partial charge is 0.238 e. The van der Waals surface area contributed by atoms with E-state index in [-0.39, 0.29) is 30.9 Å². The third kappa shape index (κ3) is 6.33. The van der Waals surface area contributed by atoms with Crippen molar-refractivity contribution in [2.45, 2.75) is 13.0 Å². The lowest BCUT2D eigenvalue weighted by atomic mass is 10.2. The van der Waals surface area contributed by atoms with Gasteiger partial charge in [0.1, 0.15) is 11.6 Å². The summed E-state index contributed by atoms with van der Waals surface area (Å²) >= 11 is 0. The highest BCUT2D eigenvalue weighted by molar-refractivity contribution is 5.92. The minimum absolute atomic E-state index is 0.0731. The van der Waals surface area contributed by atoms with Crippen molar-refractivity contribution in [1.82, 2.24) is 9.80 Å². The minimum Gasteiger partial charge on any atom is -0.325 e. The van der Waals surface area contributed by atoms with E-state index < -0.39 is 11.6 Å². The van der Waals surface area contributed by atoms with Crippen LogP contribution >= 0.6 is 0 Å². The fourth-order valence-electron chi connectivity index (χ4n) is 3.37. The zero-order valence-electron chi connectivity index (χ0n) is 16.2. The molecule has 0 saturated carbocycles. The molecule has 6 nitrogen and oxygen atoms in total. The largest absolute Gasteiger partial charge is 0.325 e. The van der Waals surface area contributed by atoms with Gasteiger partial charge in [0.25, 0.3) is 0 Å². The Bertz CT molecular complexity index is 877. The normalized spacial score (nSPS) is 17.7. The van der Waals surface area contributed by atoms with Crippen molar-refractivity contribution in [1.29, 1.82) is 0 Å². The van der Waals surface area contributed by atoms with Gasteiger partial charge in [0.15, 0.2) is 0 Å². The second kappa shape index (κ2) is 9.58. The van der Waals surface area contributed by atoms with E-state index >= 15 is 0 Å². The highest BCUT2D eigenvalue weighted by atomic mass is 19.1. The number of carbonyl (C=O) groups is 2. The van der Waals surface area contributed by atoms with E-state index in [0.717, 1.165) is 0 Å². The predicted molar refractivity (Wildman–Crippen MR) is 108 cm³/mol. The van der Waals surface area contributed by atoms with Crippen LogP contribution in [0.3, 0.4) is 0 Å². The fraction of sp³-hybridized carbons (Fsp3) is 0.333. The number of hydrogen-bond donors (Lipinski definition) is 2. The number of halogens is 2. The lowest BCUT2D eigenvalue weighted by molar-refractivity contribution is -0.120. The molecule has 0 radical (unpaired) electrons. The van der Waals surface area contributed by atoms with Gasteiger partial charge in [-0.15, -0.1) is 0 Å². The van der Waals surface area contributed by atoms with Crippen LogP contribution in [0.5, 0.6) is 0 Å². The molecule has 1 atom stereocenters. The van der Waals surface area contributed by atoms with Crippen LogP contribution in [0, 0.1) is 11.6 Å². The Morgan fingerprint density at radius 3 is 2.00 bits per heavy atom. The monoisotopic (exact) mass is 402 g/mol. The molecular weight excluding hydrogens is 378 g/mol. The maximum absolute atomic E-state index is 13.2. The lowest BCUT2D eigenvalue weighted by Gasteiger charge is -2.39. The molecule has 3 rings (SSSR count). The zero-order chi connectivity index (χ0) is 20.8. The van der Waals surface area contributed by atoms with Crippen molar-refractivity contribution < 1.29 is 18.4 Å². The van der Waals surface area contributed by atoms with Crippen LogP contribution in [-0.4, -0.2) is 60.4 Å². The van der Waals surface area contributed by atoms with Crippen LogP contribution in [0.25, 0.3) is 0 Å². The summed E-state index contributed by atoms with van der Waals surface area (Å²) < 4.78 is 26.4. The Hall–Kier alpha value is -2.84. The SMILES string of the molecule is CC1CN(CC(=O)Nc2cccc(F)c2)CCN1CC(=O)Nc1cccc(F)c1. The molecule has 0 aliphatic carbocycles. The van der Waals surface area contributed by atoms with Crippen LogP contribution in [-0.2, 0) is 9.59 Å². The number of nitrogens with one attached hydrogen (secondary N) is 2. The molecule has 0 aromatic heterocycles. The first kappa shape index (κ1) is 20.9. The molecule has 2 aromatic carbocycles. The summed E-state index contributed by atoms with van der Waals surface area (Å²) in [4.78, 5) is 28.5. The Kier molecular flexibility index (Phi) is 6.90. The van der Waals surface area contributed by atoms with E-state index in [1.54, 1.807) is 24.3 Å². The number of carbonyl (C=O) groups excluding carboxylic acids is 2. The first-order valence-electron chi connectivity index (χ1n) is 9.46. The van der Waals surface area contributed by atoms with Gasteiger partial charge in [-0.1, -0.05) is 12.1 Å². The second-order valence-corrected chi connectivity index (χ2v) is 7.17. The number of hydrogen-bond acceptors (Lipinski definition) is 4. The number of rotatable bonds is 6. The highest BCUT2D eigenvalue weighted by Gasteiger charge is 2.26. The van der Waals surface area contributed by atoms with Crippen molar-refractivity contribution >= 4 is 23.2 Å². The maximum atomic E-state index is 13.2. The molecule has 1 fully saturated rings. The molecule has 2 amide bonds. The topological polar surface area (TPSA) is 64.7 Å². The lowest BCUT2D eigenvalue weighted by Crippen LogP contribution is -2.54. The molecule has 8 heteroatoms. The van der Waals surface area contributed by atoms with E-state index in [4.69, 9.17) is 0 Å². The van der Waals surface area contributed by atoms with Crippen LogP contribution in [0.15, 0.2) is 48.5 Å². The number of amides is 2. The predicted octanol–water partition coefficient (Wildman–Crippen LogP) is 2.55. The molecule has 1 saturated heterocycles. The summed E-state index contributed by atoms with van der Waals surface area (Å²) in [5.41, 5.74) is 0.853. The van der Waals surface area contributed by atoms with Gasteiger partial charge in [0, 0.05) is 37.1 Å². The van der Waals surface area contributed by atoms with Crippen molar-refractivity contribution in [3.8, 4) is 0 Å². The molecule has 29 heavy (non-hydrogen) atoms. The second-order valence-electron chi connectivity index (χ2n) is 7.17. The van der Waals surface area contributed by atoms with Gasteiger partial charge in [0.05, 0.1) is 13.1 Å². The molecule has 1 unspecified atom stereocenters. The molecule has 0 spiro atoms. The van der Waals surface area contributed by atoms with Crippen LogP contribution < -0.4 is 10.6 Å². The van der Waals surface area contributed by atoms with E-state index in [2.05, 4.69) is 10.6 Å². The summed E-state index contributed by atoms with van der Waals surface area (Å²) in [5.74, 6) is -1.22. The first-order valence-corrected chi connectivity index (χ1v) is 9.46. The molecule has 2 aromatic rings. The molecule has 1 aliphatic heterocycles. The number of nitrogens with zero attached hydrogens (tertiary/aromatic N) is 2. The van der Waals surface area contributed by atoms with Crippen LogP contribution in [0.1, 0.15) is 6.92 Å². The van der Waals surface area contributed by atoms with Gasteiger partial charge in [0.2, 0.25) is 11.8 Å². The molecule has 0 bridgehead atoms. The third-order valence-corrected chi connectivity index (χ3v) is 4.78. The minimum atomic E-state index is -0.402. The summed E-state index contributed by atoms with van der Waals surface area (Å²) in [6, 6.07) is 11.6. The van der Waals surface area contributed by atoms with E-state index in [1.807, 2.05) is 16.7 Å². The van der Waals surface area contributed by atoms with Crippen molar-refractivity contribution in [3.63, 3.8) is 0 Å². The van der Waals surface area contributed by atoms with E-state index in [9.17, 15) is 18.4 Å². The molecular formula is C21H24F2N4O2. The van der Waals surface area contributed by atoms with E-state index in [0.29, 0.717) is 31.0 Å². The average Bonchev–Trinajstić information content (AvgIpc) is 2.64. The summed E-state index contributed by atoms with van der Waals surface area (Å²) in [6.45, 7) is 4.28. The van der Waals surface area contributed by atoms with Gasteiger partial charge >= 0.3 is 0 Å². The third-order valence-electron chi connectivity index (χ3n) is 4.78. The molecule has 2 N–H and O–H groups in total. The maximum Gasteiger partial charge on any atom is 0.238 e. The molecule has 1 heterocycles. The van der Waals surface area contributed by atoms with Crippen LogP contribution in [0.2, 0.25) is 0 Å². The number of benzene rings is 2. The summed E-state index contributed by atoms with van der Waals surface area (Å²) in [7, 11) is 0. The standard InChI is InChI=1S/C21H24F2N4O2/c1-15-12-26(13-20(28)24-18-6-2-4-16(22)10-18)8-9-27(15)14-21(29)25-19-7-3-5-17(23)11-19/h2-7,10-11,15H,8-9,12-14H2,1H3,(H,24,28)(H,25,29). The fourth-order valence-corrected chi connectivity index (χ4v) is 3.37. The van der Waals surface area contributed by atoms with Gasteiger partial charge in [-0.25, -0.2) is 8.78 Å². The number of piperazine rings is 1. The molecule has 154 valence electrons. The molecule has 1 aliphatic rings. The summed E-state index contributed by atoms with van der Waals surface area (Å²) in [5, 5.41) is 5.39. The Balaban J connectivity index is 1.45. The Morgan fingerprint density at radius 1 is 0.931 bits per heavy atom. The van der Waals surface area contributed by atoms with Crippen molar-refractivity contribution in [3.05, 3.63) is 60.2 Å². The quantitative estimate of drug-likeness (QED) is 0.780. The van der Waals surface area contributed by atoms with Gasteiger partial charge in [-0.3, -0.25) is 19.4 Å². The average molecular weight is 402 g/mol. The van der Waals surface area contributed by atoms with Crippen molar-refractivity contribution in [2.24, 2.45) is 0 Å². The van der Waals surface area contributed by atoms with Crippen molar-refractivity contribution in [2.75, 3.05) is 43.4 Å². The van der Waals surface area contributed by atoms with Gasteiger partial charge < -0.3 is 10.6 Å². The number of anilines is 2. The van der Waals surface area contributed by atoms with Crippen LogP contribution in [0.4, 0.5) is 20.2 Å². The first-order chi connectivity index (χ1) is 13.9. The Labute approximate surface area is 168 Å². The zero-order valence-corrected chi connectivity index (χ0v) is 16.2. The summed E-state index contributed by atoms with van der Waals surface area (Å²) in [6.07, 6.45) is 0.